The Hall–Kier alpha value is -1.38. The maximum absolute atomic E-state index is 12.5. The monoisotopic (exact) mass is 501 g/mol. The Morgan fingerprint density at radius 2 is 1.96 bits per heavy atom. The molecule has 0 atom stereocenters. The standard InChI is InChI=1S/C21H35N5O.HI/c1-5-18(6-2)20(27)26-13-10-19(11-14-26)25-21(22-4)23-12-9-17-8-7-16(3)24-15-17;/h7-8,15,18-19H,5-6,9-14H2,1-4H3,(H2,22,23,25);1H. The van der Waals surface area contributed by atoms with Crippen LogP contribution in [0.2, 0.25) is 0 Å². The van der Waals surface area contributed by atoms with Gasteiger partial charge >= 0.3 is 0 Å². The molecule has 1 aliphatic rings. The smallest absolute Gasteiger partial charge is 0.225 e. The zero-order chi connectivity index (χ0) is 19.6. The van der Waals surface area contributed by atoms with E-state index in [2.05, 4.69) is 40.5 Å². The predicted octanol–water partition coefficient (Wildman–Crippen LogP) is 3.14. The van der Waals surface area contributed by atoms with Crippen molar-refractivity contribution >= 4 is 35.8 Å². The van der Waals surface area contributed by atoms with Gasteiger partial charge < -0.3 is 15.5 Å². The van der Waals surface area contributed by atoms with Crippen molar-refractivity contribution in [3.05, 3.63) is 29.6 Å². The highest BCUT2D eigenvalue weighted by molar-refractivity contribution is 14.0. The van der Waals surface area contributed by atoms with Crippen LogP contribution in [0.25, 0.3) is 0 Å². The average Bonchev–Trinajstić information content (AvgIpc) is 2.70. The summed E-state index contributed by atoms with van der Waals surface area (Å²) in [6.45, 7) is 8.68. The van der Waals surface area contributed by atoms with Crippen molar-refractivity contribution in [2.45, 2.75) is 58.9 Å². The Morgan fingerprint density at radius 1 is 1.29 bits per heavy atom. The molecule has 1 aromatic rings. The fourth-order valence-electron chi connectivity index (χ4n) is 3.50. The summed E-state index contributed by atoms with van der Waals surface area (Å²) in [7, 11) is 1.80. The Labute approximate surface area is 187 Å². The summed E-state index contributed by atoms with van der Waals surface area (Å²) in [6.07, 6.45) is 6.64. The predicted molar refractivity (Wildman–Crippen MR) is 126 cm³/mol. The number of guanidine groups is 1. The number of likely N-dealkylation sites (tertiary alicyclic amines) is 1. The van der Waals surface area contributed by atoms with E-state index in [1.807, 2.05) is 24.1 Å². The first kappa shape index (κ1) is 24.7. The van der Waals surface area contributed by atoms with Gasteiger partial charge in [-0.3, -0.25) is 14.8 Å². The SMILES string of the molecule is CCC(CC)C(=O)N1CCC(NC(=NC)NCCc2ccc(C)nc2)CC1.I. The molecule has 0 radical (unpaired) electrons. The van der Waals surface area contributed by atoms with Crippen LogP contribution < -0.4 is 10.6 Å². The molecule has 0 saturated carbocycles. The number of carbonyl (C=O) groups excluding carboxylic acids is 1. The van der Waals surface area contributed by atoms with Crippen molar-refractivity contribution in [1.29, 1.82) is 0 Å². The number of rotatable bonds is 7. The van der Waals surface area contributed by atoms with Crippen molar-refractivity contribution in [2.75, 3.05) is 26.7 Å². The van der Waals surface area contributed by atoms with Crippen molar-refractivity contribution < 1.29 is 4.79 Å². The molecule has 2 N–H and O–H groups in total. The fraction of sp³-hybridized carbons (Fsp3) is 0.667. The highest BCUT2D eigenvalue weighted by Gasteiger charge is 2.26. The lowest BCUT2D eigenvalue weighted by Crippen LogP contribution is -2.50. The van der Waals surface area contributed by atoms with E-state index in [0.29, 0.717) is 11.9 Å². The number of piperidine rings is 1. The van der Waals surface area contributed by atoms with E-state index >= 15 is 0 Å². The second-order valence-electron chi connectivity index (χ2n) is 7.31. The van der Waals surface area contributed by atoms with Crippen LogP contribution in [0.3, 0.4) is 0 Å². The average molecular weight is 501 g/mol. The summed E-state index contributed by atoms with van der Waals surface area (Å²) >= 11 is 0. The molecule has 1 aromatic heterocycles. The summed E-state index contributed by atoms with van der Waals surface area (Å²) in [5.74, 6) is 1.34. The lowest BCUT2D eigenvalue weighted by molar-refractivity contribution is -0.136. The molecule has 158 valence electrons. The quantitative estimate of drug-likeness (QED) is 0.342. The van der Waals surface area contributed by atoms with Gasteiger partial charge in [-0.2, -0.15) is 0 Å². The number of halogens is 1. The molecule has 0 unspecified atom stereocenters. The molecule has 0 spiro atoms. The van der Waals surface area contributed by atoms with E-state index in [0.717, 1.165) is 63.4 Å². The van der Waals surface area contributed by atoms with Crippen LogP contribution in [0.1, 0.15) is 50.8 Å². The second-order valence-corrected chi connectivity index (χ2v) is 7.31. The Kier molecular flexibility index (Phi) is 11.4. The van der Waals surface area contributed by atoms with Crippen LogP contribution in [0.15, 0.2) is 23.3 Å². The fourth-order valence-corrected chi connectivity index (χ4v) is 3.50. The third kappa shape index (κ3) is 7.56. The van der Waals surface area contributed by atoms with Crippen molar-refractivity contribution in [2.24, 2.45) is 10.9 Å². The van der Waals surface area contributed by atoms with Gasteiger partial charge in [-0.25, -0.2) is 0 Å². The van der Waals surface area contributed by atoms with E-state index < -0.39 is 0 Å². The minimum Gasteiger partial charge on any atom is -0.356 e. The maximum Gasteiger partial charge on any atom is 0.225 e. The first-order valence-corrected chi connectivity index (χ1v) is 10.2. The molecule has 28 heavy (non-hydrogen) atoms. The minimum atomic E-state index is 0. The van der Waals surface area contributed by atoms with Crippen LogP contribution >= 0.6 is 24.0 Å². The topological polar surface area (TPSA) is 69.6 Å². The number of hydrogen-bond donors (Lipinski definition) is 2. The van der Waals surface area contributed by atoms with Gasteiger partial charge in [-0.15, -0.1) is 24.0 Å². The number of amides is 1. The molecule has 1 saturated heterocycles. The largest absolute Gasteiger partial charge is 0.356 e. The van der Waals surface area contributed by atoms with Gasteiger partial charge in [0.05, 0.1) is 0 Å². The second kappa shape index (κ2) is 13.0. The molecular formula is C21H36IN5O. The lowest BCUT2D eigenvalue weighted by atomic mass is 9.98. The van der Waals surface area contributed by atoms with Crippen LogP contribution in [0.4, 0.5) is 0 Å². The third-order valence-electron chi connectivity index (χ3n) is 5.38. The number of hydrogen-bond acceptors (Lipinski definition) is 3. The lowest BCUT2D eigenvalue weighted by Gasteiger charge is -2.34. The van der Waals surface area contributed by atoms with Gasteiger partial charge in [0.25, 0.3) is 0 Å². The molecule has 7 heteroatoms. The first-order chi connectivity index (χ1) is 13.1. The van der Waals surface area contributed by atoms with Crippen molar-refractivity contribution in [1.82, 2.24) is 20.5 Å². The Morgan fingerprint density at radius 3 is 2.50 bits per heavy atom. The van der Waals surface area contributed by atoms with E-state index in [9.17, 15) is 4.79 Å². The summed E-state index contributed by atoms with van der Waals surface area (Å²) < 4.78 is 0. The summed E-state index contributed by atoms with van der Waals surface area (Å²) in [5.41, 5.74) is 2.26. The molecule has 6 nitrogen and oxygen atoms in total. The molecule has 1 fully saturated rings. The molecular weight excluding hydrogens is 465 g/mol. The molecule has 0 bridgehead atoms. The molecule has 2 rings (SSSR count). The van der Waals surface area contributed by atoms with Gasteiger partial charge in [0.1, 0.15) is 0 Å². The van der Waals surface area contributed by atoms with Gasteiger partial charge in [-0.05, 0) is 50.7 Å². The summed E-state index contributed by atoms with van der Waals surface area (Å²) in [5, 5.41) is 6.88. The normalized spacial score (nSPS) is 15.3. The minimum absolute atomic E-state index is 0. The van der Waals surface area contributed by atoms with Crippen molar-refractivity contribution in [3.8, 4) is 0 Å². The zero-order valence-electron chi connectivity index (χ0n) is 17.7. The highest BCUT2D eigenvalue weighted by atomic mass is 127. The number of nitrogens with one attached hydrogen (secondary N) is 2. The zero-order valence-corrected chi connectivity index (χ0v) is 20.0. The van der Waals surface area contributed by atoms with Crippen LogP contribution in [0.5, 0.6) is 0 Å². The highest BCUT2D eigenvalue weighted by Crippen LogP contribution is 2.17. The van der Waals surface area contributed by atoms with E-state index in [1.54, 1.807) is 7.05 Å². The van der Waals surface area contributed by atoms with Crippen LogP contribution in [-0.4, -0.2) is 54.5 Å². The number of aromatic nitrogens is 1. The number of nitrogens with zero attached hydrogens (tertiary/aromatic N) is 3. The van der Waals surface area contributed by atoms with Crippen LogP contribution in [-0.2, 0) is 11.2 Å². The summed E-state index contributed by atoms with van der Waals surface area (Å²) in [6, 6.07) is 4.52. The Balaban J connectivity index is 0.00000392. The van der Waals surface area contributed by atoms with Gasteiger partial charge in [0, 0.05) is 50.5 Å². The third-order valence-corrected chi connectivity index (χ3v) is 5.38. The number of pyridine rings is 1. The molecule has 0 aliphatic carbocycles. The van der Waals surface area contributed by atoms with Crippen molar-refractivity contribution in [3.63, 3.8) is 0 Å². The first-order valence-electron chi connectivity index (χ1n) is 10.2. The number of aryl methyl sites for hydroxylation is 1. The van der Waals surface area contributed by atoms with Gasteiger partial charge in [0.15, 0.2) is 5.96 Å². The molecule has 0 aromatic carbocycles. The van der Waals surface area contributed by atoms with Gasteiger partial charge in [0.2, 0.25) is 5.91 Å². The van der Waals surface area contributed by atoms with E-state index in [-0.39, 0.29) is 29.9 Å². The van der Waals surface area contributed by atoms with E-state index in [1.165, 1.54) is 5.56 Å². The maximum atomic E-state index is 12.5. The van der Waals surface area contributed by atoms with Gasteiger partial charge in [-0.1, -0.05) is 19.9 Å². The molecule has 2 heterocycles. The van der Waals surface area contributed by atoms with E-state index in [4.69, 9.17) is 0 Å². The molecule has 1 amide bonds. The Bertz CT molecular complexity index is 608. The van der Waals surface area contributed by atoms with Crippen LogP contribution in [0, 0.1) is 12.8 Å². The summed E-state index contributed by atoms with van der Waals surface area (Å²) in [4.78, 5) is 23.2. The molecule has 1 aliphatic heterocycles. The number of aliphatic imine (C=N–C) groups is 1. The number of carbonyl (C=O) groups is 1.